The molecule has 1 aromatic rings. The van der Waals surface area contributed by atoms with Crippen molar-refractivity contribution in [2.45, 2.75) is 39.2 Å². The minimum atomic E-state index is -0.425. The van der Waals surface area contributed by atoms with Crippen molar-refractivity contribution in [3.63, 3.8) is 0 Å². The van der Waals surface area contributed by atoms with Crippen LogP contribution in [0.2, 0.25) is 0 Å². The normalized spacial score (nSPS) is 13.6. The zero-order chi connectivity index (χ0) is 15.0. The topological polar surface area (TPSA) is 47.6 Å². The third-order valence-corrected chi connectivity index (χ3v) is 3.26. The van der Waals surface area contributed by atoms with E-state index in [1.165, 1.54) is 7.11 Å². The third-order valence-electron chi connectivity index (χ3n) is 3.26. The minimum Gasteiger partial charge on any atom is -0.494 e. The molecule has 112 valence electrons. The summed E-state index contributed by atoms with van der Waals surface area (Å²) < 4.78 is 10.4. The van der Waals surface area contributed by atoms with Crippen molar-refractivity contribution >= 4 is 5.97 Å². The van der Waals surface area contributed by atoms with E-state index in [0.29, 0.717) is 13.0 Å². The maximum absolute atomic E-state index is 11.6. The standard InChI is InChI=1S/C16H25NO3/c1-5-11-20-14-9-7-13(8-10-14)16(3,17-6-2)12-15(18)19-4/h7-10,17H,5-6,11-12H2,1-4H3. The van der Waals surface area contributed by atoms with Crippen molar-refractivity contribution in [3.8, 4) is 5.75 Å². The van der Waals surface area contributed by atoms with Crippen LogP contribution >= 0.6 is 0 Å². The Morgan fingerprint density at radius 2 is 1.90 bits per heavy atom. The highest BCUT2D eigenvalue weighted by molar-refractivity contribution is 5.71. The molecule has 0 aliphatic heterocycles. The van der Waals surface area contributed by atoms with E-state index in [0.717, 1.165) is 24.3 Å². The Labute approximate surface area is 121 Å². The Kier molecular flexibility index (Phi) is 6.52. The minimum absolute atomic E-state index is 0.222. The SMILES string of the molecule is CCCOc1ccc(C(C)(CC(=O)OC)NCC)cc1. The fraction of sp³-hybridized carbons (Fsp3) is 0.562. The second kappa shape index (κ2) is 7.90. The molecule has 1 aromatic carbocycles. The zero-order valence-corrected chi connectivity index (χ0v) is 12.9. The van der Waals surface area contributed by atoms with Gasteiger partial charge in [-0.1, -0.05) is 26.0 Å². The summed E-state index contributed by atoms with van der Waals surface area (Å²) in [5, 5.41) is 3.36. The van der Waals surface area contributed by atoms with Crippen LogP contribution in [0, 0.1) is 0 Å². The van der Waals surface area contributed by atoms with Gasteiger partial charge in [0.15, 0.2) is 0 Å². The molecule has 0 amide bonds. The molecule has 20 heavy (non-hydrogen) atoms. The number of carbonyl (C=O) groups is 1. The molecular formula is C16H25NO3. The molecule has 1 unspecified atom stereocenters. The van der Waals surface area contributed by atoms with E-state index in [1.54, 1.807) is 0 Å². The number of nitrogens with one attached hydrogen (secondary N) is 1. The van der Waals surface area contributed by atoms with Gasteiger partial charge in [-0.15, -0.1) is 0 Å². The number of methoxy groups -OCH3 is 1. The van der Waals surface area contributed by atoms with Gasteiger partial charge < -0.3 is 14.8 Å². The largest absolute Gasteiger partial charge is 0.494 e. The molecular weight excluding hydrogens is 254 g/mol. The van der Waals surface area contributed by atoms with Crippen molar-refractivity contribution in [3.05, 3.63) is 29.8 Å². The maximum atomic E-state index is 11.6. The number of carbonyl (C=O) groups excluding carboxylic acids is 1. The first-order chi connectivity index (χ1) is 9.55. The van der Waals surface area contributed by atoms with Crippen LogP contribution in [0.1, 0.15) is 39.2 Å². The van der Waals surface area contributed by atoms with E-state index in [1.807, 2.05) is 38.1 Å². The van der Waals surface area contributed by atoms with Gasteiger partial charge in [0.1, 0.15) is 5.75 Å². The van der Waals surface area contributed by atoms with Gasteiger partial charge in [-0.2, -0.15) is 0 Å². The van der Waals surface area contributed by atoms with Gasteiger partial charge in [0, 0.05) is 0 Å². The highest BCUT2D eigenvalue weighted by Gasteiger charge is 2.29. The molecule has 0 aliphatic rings. The monoisotopic (exact) mass is 279 g/mol. The first-order valence-electron chi connectivity index (χ1n) is 7.11. The van der Waals surface area contributed by atoms with Crippen molar-refractivity contribution in [2.75, 3.05) is 20.3 Å². The Hall–Kier alpha value is -1.55. The van der Waals surface area contributed by atoms with Crippen LogP contribution in [-0.4, -0.2) is 26.2 Å². The van der Waals surface area contributed by atoms with Gasteiger partial charge in [-0.25, -0.2) is 0 Å². The average molecular weight is 279 g/mol. The van der Waals surface area contributed by atoms with Crippen LogP contribution in [0.25, 0.3) is 0 Å². The lowest BCUT2D eigenvalue weighted by atomic mass is 9.88. The van der Waals surface area contributed by atoms with Crippen LogP contribution in [0.15, 0.2) is 24.3 Å². The molecule has 0 saturated heterocycles. The zero-order valence-electron chi connectivity index (χ0n) is 12.9. The van der Waals surface area contributed by atoms with E-state index in [-0.39, 0.29) is 5.97 Å². The summed E-state index contributed by atoms with van der Waals surface area (Å²) in [6.45, 7) is 7.60. The van der Waals surface area contributed by atoms with Gasteiger partial charge in [0.2, 0.25) is 0 Å². The second-order valence-corrected chi connectivity index (χ2v) is 4.99. The fourth-order valence-corrected chi connectivity index (χ4v) is 2.16. The smallest absolute Gasteiger partial charge is 0.307 e. The molecule has 4 nitrogen and oxygen atoms in total. The third kappa shape index (κ3) is 4.53. The number of esters is 1. The summed E-state index contributed by atoms with van der Waals surface area (Å²) in [7, 11) is 1.41. The van der Waals surface area contributed by atoms with E-state index in [2.05, 4.69) is 12.2 Å². The Morgan fingerprint density at radius 3 is 2.40 bits per heavy atom. The van der Waals surface area contributed by atoms with E-state index in [9.17, 15) is 4.79 Å². The number of benzene rings is 1. The maximum Gasteiger partial charge on any atom is 0.307 e. The predicted octanol–water partition coefficient (Wildman–Crippen LogP) is 2.86. The van der Waals surface area contributed by atoms with Gasteiger partial charge in [0.05, 0.1) is 25.7 Å². The summed E-state index contributed by atoms with van der Waals surface area (Å²) in [5.41, 5.74) is 0.624. The van der Waals surface area contributed by atoms with Gasteiger partial charge in [-0.3, -0.25) is 4.79 Å². The molecule has 0 bridgehead atoms. The van der Waals surface area contributed by atoms with Crippen molar-refractivity contribution in [2.24, 2.45) is 0 Å². The predicted molar refractivity (Wildman–Crippen MR) is 79.9 cm³/mol. The van der Waals surface area contributed by atoms with Crippen LogP contribution in [-0.2, 0) is 15.1 Å². The van der Waals surface area contributed by atoms with E-state index < -0.39 is 5.54 Å². The van der Waals surface area contributed by atoms with Crippen LogP contribution in [0.3, 0.4) is 0 Å². The number of hydrogen-bond acceptors (Lipinski definition) is 4. The summed E-state index contributed by atoms with van der Waals surface area (Å²) in [4.78, 5) is 11.6. The lowest BCUT2D eigenvalue weighted by Gasteiger charge is -2.30. The molecule has 0 aliphatic carbocycles. The van der Waals surface area contributed by atoms with Gasteiger partial charge in [0.25, 0.3) is 0 Å². The molecule has 1 N–H and O–H groups in total. The lowest BCUT2D eigenvalue weighted by molar-refractivity contribution is -0.142. The Bertz CT molecular complexity index is 416. The number of hydrogen-bond donors (Lipinski definition) is 1. The molecule has 1 rings (SSSR count). The molecule has 1 atom stereocenters. The van der Waals surface area contributed by atoms with Crippen molar-refractivity contribution in [1.82, 2.24) is 5.32 Å². The molecule has 0 heterocycles. The van der Waals surface area contributed by atoms with Crippen molar-refractivity contribution < 1.29 is 14.3 Å². The fourth-order valence-electron chi connectivity index (χ4n) is 2.16. The first-order valence-corrected chi connectivity index (χ1v) is 7.11. The number of rotatable bonds is 8. The Morgan fingerprint density at radius 1 is 1.25 bits per heavy atom. The molecule has 0 spiro atoms. The van der Waals surface area contributed by atoms with Gasteiger partial charge in [-0.05, 0) is 37.6 Å². The molecule has 0 radical (unpaired) electrons. The highest BCUT2D eigenvalue weighted by Crippen LogP contribution is 2.27. The molecule has 0 aromatic heterocycles. The number of ether oxygens (including phenoxy) is 2. The summed E-state index contributed by atoms with van der Waals surface area (Å²) in [6.07, 6.45) is 1.28. The molecule has 4 heteroatoms. The summed E-state index contributed by atoms with van der Waals surface area (Å²) in [6, 6.07) is 7.88. The second-order valence-electron chi connectivity index (χ2n) is 4.99. The molecule has 0 fully saturated rings. The average Bonchev–Trinajstić information content (AvgIpc) is 2.45. The van der Waals surface area contributed by atoms with E-state index >= 15 is 0 Å². The van der Waals surface area contributed by atoms with Crippen molar-refractivity contribution in [1.29, 1.82) is 0 Å². The lowest BCUT2D eigenvalue weighted by Crippen LogP contribution is -2.41. The van der Waals surface area contributed by atoms with E-state index in [4.69, 9.17) is 9.47 Å². The Balaban J connectivity index is 2.88. The highest BCUT2D eigenvalue weighted by atomic mass is 16.5. The quantitative estimate of drug-likeness (QED) is 0.743. The van der Waals surface area contributed by atoms with Gasteiger partial charge >= 0.3 is 5.97 Å². The summed E-state index contributed by atoms with van der Waals surface area (Å²) in [5.74, 6) is 0.632. The van der Waals surface area contributed by atoms with Crippen LogP contribution in [0.4, 0.5) is 0 Å². The van der Waals surface area contributed by atoms with Crippen LogP contribution in [0.5, 0.6) is 5.75 Å². The first kappa shape index (κ1) is 16.5. The summed E-state index contributed by atoms with van der Waals surface area (Å²) >= 11 is 0. The van der Waals surface area contributed by atoms with Crippen LogP contribution < -0.4 is 10.1 Å². The molecule has 0 saturated carbocycles.